The van der Waals surface area contributed by atoms with Crippen LogP contribution < -0.4 is 0 Å². The third-order valence-corrected chi connectivity index (χ3v) is 3.28. The van der Waals surface area contributed by atoms with E-state index in [9.17, 15) is 13.2 Å². The predicted molar refractivity (Wildman–Crippen MR) is 36.4 cm³/mol. The van der Waals surface area contributed by atoms with Crippen molar-refractivity contribution in [3.8, 4) is 0 Å². The lowest BCUT2D eigenvalue weighted by molar-refractivity contribution is -0.236. The molecule has 0 saturated heterocycles. The molecule has 4 heteroatoms. The van der Waals surface area contributed by atoms with E-state index in [1.165, 1.54) is 0 Å². The Bertz CT molecular complexity index is 189. The number of halogens is 3. The molecule has 2 atom stereocenters. The summed E-state index contributed by atoms with van der Waals surface area (Å²) in [5, 5.41) is 8.77. The smallest absolute Gasteiger partial charge is 0.395 e. The normalized spacial score (nSPS) is 46.0. The first-order valence-corrected chi connectivity index (χ1v) is 4.16. The minimum atomic E-state index is -4.21. The molecule has 0 aliphatic heterocycles. The molecule has 1 nitrogen and oxygen atoms in total. The van der Waals surface area contributed by atoms with Gasteiger partial charge in [-0.1, -0.05) is 0 Å². The second-order valence-electron chi connectivity index (χ2n) is 4.10. The molecule has 12 heavy (non-hydrogen) atoms. The lowest BCUT2D eigenvalue weighted by Crippen LogP contribution is -2.40. The van der Waals surface area contributed by atoms with E-state index in [-0.39, 0.29) is 24.7 Å². The standard InChI is InChI=1S/C8H11F3O/c9-8(10,11)7(4-12)2-5-1-6(5)3-7/h5-6,12H,1-4H2. The van der Waals surface area contributed by atoms with E-state index in [1.54, 1.807) is 0 Å². The molecule has 0 heterocycles. The first-order valence-electron chi connectivity index (χ1n) is 4.16. The molecular formula is C8H11F3O. The van der Waals surface area contributed by atoms with Crippen LogP contribution >= 0.6 is 0 Å². The fourth-order valence-electron chi connectivity index (χ4n) is 2.35. The molecular weight excluding hydrogens is 169 g/mol. The van der Waals surface area contributed by atoms with E-state index >= 15 is 0 Å². The minimum absolute atomic E-state index is 0.150. The van der Waals surface area contributed by atoms with Gasteiger partial charge in [-0.2, -0.15) is 13.2 Å². The SMILES string of the molecule is OCC1(C(F)(F)F)CC2CC2C1. The van der Waals surface area contributed by atoms with Gasteiger partial charge in [0.1, 0.15) is 0 Å². The quantitative estimate of drug-likeness (QED) is 0.654. The summed E-state index contributed by atoms with van der Waals surface area (Å²) in [5.41, 5.74) is -1.75. The highest BCUT2D eigenvalue weighted by Gasteiger charge is 2.64. The maximum atomic E-state index is 12.5. The second kappa shape index (κ2) is 2.16. The van der Waals surface area contributed by atoms with Crippen LogP contribution in [0.25, 0.3) is 0 Å². The molecule has 0 amide bonds. The zero-order chi connectivity index (χ0) is 8.98. The van der Waals surface area contributed by atoms with Crippen LogP contribution in [0.2, 0.25) is 0 Å². The van der Waals surface area contributed by atoms with Crippen molar-refractivity contribution in [3.63, 3.8) is 0 Å². The van der Waals surface area contributed by atoms with Gasteiger partial charge in [0.05, 0.1) is 12.0 Å². The van der Waals surface area contributed by atoms with Crippen LogP contribution in [0.4, 0.5) is 13.2 Å². The number of aliphatic hydroxyl groups is 1. The van der Waals surface area contributed by atoms with Crippen molar-refractivity contribution in [3.05, 3.63) is 0 Å². The summed E-state index contributed by atoms with van der Waals surface area (Å²) < 4.78 is 37.4. The average molecular weight is 180 g/mol. The van der Waals surface area contributed by atoms with Gasteiger partial charge in [-0.25, -0.2) is 0 Å². The van der Waals surface area contributed by atoms with Crippen molar-refractivity contribution in [2.75, 3.05) is 6.61 Å². The van der Waals surface area contributed by atoms with Crippen LogP contribution in [0.5, 0.6) is 0 Å². The predicted octanol–water partition coefficient (Wildman–Crippen LogP) is 1.96. The van der Waals surface area contributed by atoms with E-state index in [2.05, 4.69) is 0 Å². The molecule has 2 fully saturated rings. The zero-order valence-corrected chi connectivity index (χ0v) is 6.56. The molecule has 0 aromatic carbocycles. The third-order valence-electron chi connectivity index (χ3n) is 3.28. The monoisotopic (exact) mass is 180 g/mol. The highest BCUT2D eigenvalue weighted by Crippen LogP contribution is 2.64. The van der Waals surface area contributed by atoms with E-state index in [4.69, 9.17) is 5.11 Å². The van der Waals surface area contributed by atoms with Crippen LogP contribution in [0.15, 0.2) is 0 Å². The van der Waals surface area contributed by atoms with Crippen LogP contribution in [0.1, 0.15) is 19.3 Å². The first-order chi connectivity index (χ1) is 5.48. The number of rotatable bonds is 1. The summed E-state index contributed by atoms with van der Waals surface area (Å²) in [6.45, 7) is -0.733. The Morgan fingerprint density at radius 1 is 1.25 bits per heavy atom. The molecule has 0 bridgehead atoms. The second-order valence-corrected chi connectivity index (χ2v) is 4.10. The summed E-state index contributed by atoms with van der Waals surface area (Å²) >= 11 is 0. The van der Waals surface area contributed by atoms with E-state index in [0.717, 1.165) is 6.42 Å². The van der Waals surface area contributed by atoms with Gasteiger partial charge in [0.25, 0.3) is 0 Å². The summed E-state index contributed by atoms with van der Waals surface area (Å²) in [6, 6.07) is 0. The van der Waals surface area contributed by atoms with Crippen molar-refractivity contribution in [1.29, 1.82) is 0 Å². The molecule has 2 saturated carbocycles. The highest BCUT2D eigenvalue weighted by atomic mass is 19.4. The van der Waals surface area contributed by atoms with Crippen molar-refractivity contribution in [2.45, 2.75) is 25.4 Å². The number of aliphatic hydroxyl groups excluding tert-OH is 1. The summed E-state index contributed by atoms with van der Waals surface area (Å²) in [4.78, 5) is 0. The van der Waals surface area contributed by atoms with Gasteiger partial charge in [-0.05, 0) is 31.1 Å². The first kappa shape index (κ1) is 8.35. The zero-order valence-electron chi connectivity index (χ0n) is 6.56. The molecule has 2 unspecified atom stereocenters. The Morgan fingerprint density at radius 3 is 2.00 bits per heavy atom. The summed E-state index contributed by atoms with van der Waals surface area (Å²) in [7, 11) is 0. The molecule has 2 aliphatic carbocycles. The van der Waals surface area contributed by atoms with Crippen LogP contribution in [-0.4, -0.2) is 17.9 Å². The molecule has 0 spiro atoms. The molecule has 70 valence electrons. The largest absolute Gasteiger partial charge is 0.396 e. The highest BCUT2D eigenvalue weighted by molar-refractivity contribution is 5.06. The van der Waals surface area contributed by atoms with Crippen molar-refractivity contribution >= 4 is 0 Å². The van der Waals surface area contributed by atoms with E-state index in [1.807, 2.05) is 0 Å². The lowest BCUT2D eigenvalue weighted by atomic mass is 9.83. The van der Waals surface area contributed by atoms with Gasteiger partial charge < -0.3 is 5.11 Å². The van der Waals surface area contributed by atoms with Crippen LogP contribution in [0, 0.1) is 17.3 Å². The van der Waals surface area contributed by atoms with E-state index in [0.29, 0.717) is 0 Å². The molecule has 2 aliphatic rings. The fraction of sp³-hybridized carbons (Fsp3) is 1.00. The van der Waals surface area contributed by atoms with Crippen LogP contribution in [-0.2, 0) is 0 Å². The number of alkyl halides is 3. The van der Waals surface area contributed by atoms with Gasteiger partial charge in [-0.15, -0.1) is 0 Å². The Labute approximate surface area is 68.6 Å². The molecule has 2 rings (SSSR count). The number of fused-ring (bicyclic) bond motifs is 1. The maximum Gasteiger partial charge on any atom is 0.396 e. The van der Waals surface area contributed by atoms with Crippen molar-refractivity contribution in [1.82, 2.24) is 0 Å². The maximum absolute atomic E-state index is 12.5. The average Bonchev–Trinajstić information content (AvgIpc) is 2.57. The molecule has 0 aromatic rings. The van der Waals surface area contributed by atoms with Gasteiger partial charge in [0.15, 0.2) is 0 Å². The Morgan fingerprint density at radius 2 is 1.75 bits per heavy atom. The minimum Gasteiger partial charge on any atom is -0.395 e. The van der Waals surface area contributed by atoms with E-state index < -0.39 is 18.2 Å². The van der Waals surface area contributed by atoms with Crippen LogP contribution in [0.3, 0.4) is 0 Å². The Hall–Kier alpha value is -0.250. The molecule has 1 N–H and O–H groups in total. The number of hydrogen-bond donors (Lipinski definition) is 1. The van der Waals surface area contributed by atoms with Gasteiger partial charge in [0.2, 0.25) is 0 Å². The lowest BCUT2D eigenvalue weighted by Gasteiger charge is -2.30. The number of hydrogen-bond acceptors (Lipinski definition) is 1. The Kier molecular flexibility index (Phi) is 1.50. The topological polar surface area (TPSA) is 20.2 Å². The fourth-order valence-corrected chi connectivity index (χ4v) is 2.35. The van der Waals surface area contributed by atoms with Crippen molar-refractivity contribution < 1.29 is 18.3 Å². The van der Waals surface area contributed by atoms with Gasteiger partial charge in [-0.3, -0.25) is 0 Å². The summed E-state index contributed by atoms with van der Waals surface area (Å²) in [6.07, 6.45) is -2.97. The summed E-state index contributed by atoms with van der Waals surface area (Å²) in [5.74, 6) is 0.498. The molecule has 0 aromatic heterocycles. The molecule has 0 radical (unpaired) electrons. The Balaban J connectivity index is 2.16. The third kappa shape index (κ3) is 0.969. The van der Waals surface area contributed by atoms with Gasteiger partial charge in [0, 0.05) is 0 Å². The van der Waals surface area contributed by atoms with Gasteiger partial charge >= 0.3 is 6.18 Å². The van der Waals surface area contributed by atoms with Crippen molar-refractivity contribution in [2.24, 2.45) is 17.3 Å².